The second kappa shape index (κ2) is 5.92. The van der Waals surface area contributed by atoms with Crippen molar-refractivity contribution in [3.8, 4) is 0 Å². The van der Waals surface area contributed by atoms with E-state index in [-0.39, 0.29) is 5.92 Å². The number of nitrogens with one attached hydrogen (secondary N) is 1. The summed E-state index contributed by atoms with van der Waals surface area (Å²) in [5.41, 5.74) is 0. The van der Waals surface area contributed by atoms with Gasteiger partial charge in [-0.05, 0) is 38.5 Å². The molecule has 2 fully saturated rings. The lowest BCUT2D eigenvalue weighted by atomic mass is 9.97. The highest BCUT2D eigenvalue weighted by Crippen LogP contribution is 2.24. The Bertz CT molecular complexity index is 235. The number of carbonyl (C=O) groups excluding carboxylic acids is 1. The summed E-state index contributed by atoms with van der Waals surface area (Å²) in [7, 11) is 0. The van der Waals surface area contributed by atoms with E-state index in [1.54, 1.807) is 0 Å². The molecule has 1 N–H and O–H groups in total. The normalized spacial score (nSPS) is 30.3. The van der Waals surface area contributed by atoms with Gasteiger partial charge in [-0.3, -0.25) is 4.79 Å². The van der Waals surface area contributed by atoms with E-state index >= 15 is 0 Å². The largest absolute Gasteiger partial charge is 0.339 e. The highest BCUT2D eigenvalue weighted by atomic mass is 32.2. The quantitative estimate of drug-likeness (QED) is 0.810. The summed E-state index contributed by atoms with van der Waals surface area (Å²) >= 11 is 1.98. The van der Waals surface area contributed by atoms with Crippen LogP contribution in [-0.4, -0.2) is 48.0 Å². The minimum absolute atomic E-state index is 0.235. The first-order valence-corrected chi connectivity index (χ1v) is 7.57. The fourth-order valence-electron chi connectivity index (χ4n) is 2.66. The standard InChI is InChI=1S/C12H22N2OS/c1-2-14(11-5-7-16-9-11)12(15)10-4-3-6-13-8-10/h10-11,13H,2-9H2,1H3/t10-,11-/m1/s1. The zero-order valence-corrected chi connectivity index (χ0v) is 10.9. The zero-order valence-electron chi connectivity index (χ0n) is 10.1. The fraction of sp³-hybridized carbons (Fsp3) is 0.917. The maximum absolute atomic E-state index is 12.4. The van der Waals surface area contributed by atoms with Gasteiger partial charge in [0.05, 0.1) is 5.92 Å². The van der Waals surface area contributed by atoms with Crippen molar-refractivity contribution in [1.29, 1.82) is 0 Å². The first-order valence-electron chi connectivity index (χ1n) is 6.42. The first-order chi connectivity index (χ1) is 7.83. The van der Waals surface area contributed by atoms with Crippen LogP contribution in [0.1, 0.15) is 26.2 Å². The lowest BCUT2D eigenvalue weighted by Gasteiger charge is -2.32. The summed E-state index contributed by atoms with van der Waals surface area (Å²) in [4.78, 5) is 14.5. The Hall–Kier alpha value is -0.220. The third kappa shape index (κ3) is 2.72. The minimum atomic E-state index is 0.235. The van der Waals surface area contributed by atoms with Crippen LogP contribution in [0.3, 0.4) is 0 Å². The van der Waals surface area contributed by atoms with Crippen molar-refractivity contribution in [1.82, 2.24) is 10.2 Å². The van der Waals surface area contributed by atoms with Gasteiger partial charge in [0.1, 0.15) is 0 Å². The Morgan fingerprint density at radius 3 is 2.94 bits per heavy atom. The van der Waals surface area contributed by atoms with Crippen LogP contribution in [0.25, 0.3) is 0 Å². The summed E-state index contributed by atoms with van der Waals surface area (Å²) in [6.07, 6.45) is 3.40. The van der Waals surface area contributed by atoms with Gasteiger partial charge >= 0.3 is 0 Å². The maximum atomic E-state index is 12.4. The molecule has 2 saturated heterocycles. The second-order valence-corrected chi connectivity index (χ2v) is 5.83. The molecule has 0 spiro atoms. The van der Waals surface area contributed by atoms with E-state index < -0.39 is 0 Å². The smallest absolute Gasteiger partial charge is 0.227 e. The summed E-state index contributed by atoms with van der Waals surface area (Å²) in [5, 5.41) is 3.33. The predicted octanol–water partition coefficient (Wildman–Crippen LogP) is 1.34. The van der Waals surface area contributed by atoms with Gasteiger partial charge in [0.15, 0.2) is 0 Å². The third-order valence-electron chi connectivity index (χ3n) is 3.62. The summed E-state index contributed by atoms with van der Waals surface area (Å²) in [5.74, 6) is 2.98. The van der Waals surface area contributed by atoms with Crippen LogP contribution in [-0.2, 0) is 4.79 Å². The lowest BCUT2D eigenvalue weighted by Crippen LogP contribution is -2.47. The molecule has 3 nitrogen and oxygen atoms in total. The van der Waals surface area contributed by atoms with Crippen molar-refractivity contribution in [2.75, 3.05) is 31.1 Å². The molecule has 16 heavy (non-hydrogen) atoms. The van der Waals surface area contributed by atoms with E-state index in [2.05, 4.69) is 17.1 Å². The van der Waals surface area contributed by atoms with Crippen molar-refractivity contribution >= 4 is 17.7 Å². The molecule has 92 valence electrons. The number of hydrogen-bond acceptors (Lipinski definition) is 3. The number of thioether (sulfide) groups is 1. The molecule has 2 atom stereocenters. The maximum Gasteiger partial charge on any atom is 0.227 e. The van der Waals surface area contributed by atoms with Crippen LogP contribution in [0, 0.1) is 5.92 Å². The van der Waals surface area contributed by atoms with E-state index in [0.29, 0.717) is 11.9 Å². The van der Waals surface area contributed by atoms with Gasteiger partial charge < -0.3 is 10.2 Å². The third-order valence-corrected chi connectivity index (χ3v) is 4.76. The molecule has 0 aromatic rings. The van der Waals surface area contributed by atoms with Crippen molar-refractivity contribution in [2.45, 2.75) is 32.2 Å². The summed E-state index contributed by atoms with van der Waals surface area (Å²) in [6, 6.07) is 0.504. The Balaban J connectivity index is 1.93. The van der Waals surface area contributed by atoms with Gasteiger partial charge in [-0.2, -0.15) is 11.8 Å². The van der Waals surface area contributed by atoms with Crippen LogP contribution < -0.4 is 5.32 Å². The van der Waals surface area contributed by atoms with E-state index in [4.69, 9.17) is 0 Å². The summed E-state index contributed by atoms with van der Waals surface area (Å²) < 4.78 is 0. The number of rotatable bonds is 3. The molecule has 0 bridgehead atoms. The van der Waals surface area contributed by atoms with Crippen molar-refractivity contribution in [3.63, 3.8) is 0 Å². The van der Waals surface area contributed by atoms with E-state index in [1.807, 2.05) is 11.8 Å². The Morgan fingerprint density at radius 2 is 2.38 bits per heavy atom. The monoisotopic (exact) mass is 242 g/mol. The molecule has 0 aromatic carbocycles. The molecule has 0 aromatic heterocycles. The van der Waals surface area contributed by atoms with Crippen molar-refractivity contribution < 1.29 is 4.79 Å². The van der Waals surface area contributed by atoms with Gasteiger partial charge in [-0.1, -0.05) is 0 Å². The molecule has 4 heteroatoms. The Kier molecular flexibility index (Phi) is 4.53. The van der Waals surface area contributed by atoms with Crippen LogP contribution in [0.5, 0.6) is 0 Å². The lowest BCUT2D eigenvalue weighted by molar-refractivity contribution is -0.137. The highest BCUT2D eigenvalue weighted by molar-refractivity contribution is 7.99. The molecule has 0 radical (unpaired) electrons. The average Bonchev–Trinajstić information content (AvgIpc) is 2.85. The number of piperidine rings is 1. The molecular weight excluding hydrogens is 220 g/mol. The van der Waals surface area contributed by atoms with E-state index in [0.717, 1.165) is 38.2 Å². The van der Waals surface area contributed by atoms with Gasteiger partial charge in [0.25, 0.3) is 0 Å². The average molecular weight is 242 g/mol. The topological polar surface area (TPSA) is 32.3 Å². The predicted molar refractivity (Wildman–Crippen MR) is 68.7 cm³/mol. The minimum Gasteiger partial charge on any atom is -0.339 e. The van der Waals surface area contributed by atoms with Gasteiger partial charge in [-0.15, -0.1) is 0 Å². The molecule has 2 aliphatic heterocycles. The van der Waals surface area contributed by atoms with Crippen molar-refractivity contribution in [3.05, 3.63) is 0 Å². The molecule has 0 saturated carbocycles. The first kappa shape index (κ1) is 12.2. The van der Waals surface area contributed by atoms with Crippen molar-refractivity contribution in [2.24, 2.45) is 5.92 Å². The summed E-state index contributed by atoms with van der Waals surface area (Å²) in [6.45, 7) is 4.95. The van der Waals surface area contributed by atoms with Gasteiger partial charge in [0.2, 0.25) is 5.91 Å². The molecular formula is C12H22N2OS. The Morgan fingerprint density at radius 1 is 1.50 bits per heavy atom. The second-order valence-electron chi connectivity index (χ2n) is 4.68. The number of hydrogen-bond donors (Lipinski definition) is 1. The molecule has 0 aliphatic carbocycles. The molecule has 2 heterocycles. The van der Waals surface area contributed by atoms with Crippen LogP contribution in [0.2, 0.25) is 0 Å². The fourth-order valence-corrected chi connectivity index (χ4v) is 3.88. The van der Waals surface area contributed by atoms with Crippen LogP contribution >= 0.6 is 11.8 Å². The van der Waals surface area contributed by atoms with Crippen LogP contribution in [0.4, 0.5) is 0 Å². The molecule has 1 amide bonds. The SMILES string of the molecule is CCN(C(=O)[C@@H]1CCCNC1)[C@@H]1CCSC1. The number of amides is 1. The number of nitrogens with zero attached hydrogens (tertiary/aromatic N) is 1. The number of carbonyl (C=O) groups is 1. The highest BCUT2D eigenvalue weighted by Gasteiger charge is 2.31. The van der Waals surface area contributed by atoms with Gasteiger partial charge in [-0.25, -0.2) is 0 Å². The van der Waals surface area contributed by atoms with Gasteiger partial charge in [0, 0.05) is 24.9 Å². The molecule has 2 rings (SSSR count). The van der Waals surface area contributed by atoms with Crippen LogP contribution in [0.15, 0.2) is 0 Å². The van der Waals surface area contributed by atoms with E-state index in [1.165, 1.54) is 12.2 Å². The molecule has 2 aliphatic rings. The zero-order chi connectivity index (χ0) is 11.4. The van der Waals surface area contributed by atoms with E-state index in [9.17, 15) is 4.79 Å². The molecule has 0 unspecified atom stereocenters. The Labute approximate surface area is 102 Å².